The zero-order chi connectivity index (χ0) is 13.1. The minimum Gasteiger partial charge on any atom is -0.453 e. The number of rotatable bonds is 4. The molecule has 0 aliphatic rings. The molecule has 2 rings (SSSR count). The molecule has 0 bridgehead atoms. The van der Waals surface area contributed by atoms with E-state index in [1.165, 1.54) is 18.4 Å². The highest BCUT2D eigenvalue weighted by atomic mass is 35.5. The normalized spacial score (nSPS) is 12.7. The maximum absolute atomic E-state index is 13.1. The van der Waals surface area contributed by atoms with Crippen LogP contribution in [0.5, 0.6) is 0 Å². The van der Waals surface area contributed by atoms with Crippen molar-refractivity contribution in [2.24, 2.45) is 0 Å². The highest BCUT2D eigenvalue weighted by molar-refractivity contribution is 6.29. The van der Waals surface area contributed by atoms with Crippen molar-refractivity contribution >= 4 is 11.6 Å². The number of furan rings is 1. The lowest BCUT2D eigenvalue weighted by atomic mass is 10.0. The Bertz CT molecular complexity index is 521. The van der Waals surface area contributed by atoms with E-state index in [1.807, 2.05) is 0 Å². The van der Waals surface area contributed by atoms with Crippen molar-refractivity contribution in [1.29, 1.82) is 0 Å². The summed E-state index contributed by atoms with van der Waals surface area (Å²) in [6.45, 7) is 0. The van der Waals surface area contributed by atoms with Gasteiger partial charge in [-0.15, -0.1) is 0 Å². The molecule has 1 aromatic carbocycles. The van der Waals surface area contributed by atoms with Crippen LogP contribution in [0.15, 0.2) is 34.9 Å². The third-order valence-electron chi connectivity index (χ3n) is 2.73. The maximum atomic E-state index is 13.1. The predicted octanol–water partition coefficient (Wildman–Crippen LogP) is 3.71. The van der Waals surface area contributed by atoms with Gasteiger partial charge in [-0.05, 0) is 48.8 Å². The Morgan fingerprint density at radius 1 is 1.28 bits per heavy atom. The molecule has 5 heteroatoms. The van der Waals surface area contributed by atoms with Crippen LogP contribution in [0.2, 0.25) is 5.22 Å². The van der Waals surface area contributed by atoms with Crippen molar-refractivity contribution < 1.29 is 13.2 Å². The fraction of sp³-hybridized carbons (Fsp3) is 0.231. The van der Waals surface area contributed by atoms with Gasteiger partial charge in [-0.3, -0.25) is 0 Å². The third kappa shape index (κ3) is 2.89. The van der Waals surface area contributed by atoms with Crippen molar-refractivity contribution in [2.75, 3.05) is 7.05 Å². The van der Waals surface area contributed by atoms with E-state index < -0.39 is 11.6 Å². The molecule has 1 unspecified atom stereocenters. The molecule has 0 aliphatic heterocycles. The number of nitrogens with one attached hydrogen (secondary N) is 1. The molecule has 0 saturated carbocycles. The van der Waals surface area contributed by atoms with Crippen LogP contribution < -0.4 is 5.32 Å². The van der Waals surface area contributed by atoms with Gasteiger partial charge in [-0.2, -0.15) is 0 Å². The molecule has 1 N–H and O–H groups in total. The highest BCUT2D eigenvalue weighted by Gasteiger charge is 2.16. The summed E-state index contributed by atoms with van der Waals surface area (Å²) >= 11 is 5.89. The van der Waals surface area contributed by atoms with E-state index in [9.17, 15) is 8.78 Å². The Morgan fingerprint density at radius 3 is 2.44 bits per heavy atom. The van der Waals surface area contributed by atoms with Gasteiger partial charge in [0.25, 0.3) is 0 Å². The number of benzene rings is 1. The monoisotopic (exact) mass is 271 g/mol. The first-order valence-corrected chi connectivity index (χ1v) is 5.83. The molecule has 0 aliphatic carbocycles. The van der Waals surface area contributed by atoms with E-state index >= 15 is 0 Å². The minimum atomic E-state index is -0.585. The molecule has 0 radical (unpaired) electrons. The second kappa shape index (κ2) is 5.50. The van der Waals surface area contributed by atoms with E-state index in [0.717, 1.165) is 11.6 Å². The molecule has 0 spiro atoms. The average Bonchev–Trinajstić information content (AvgIpc) is 2.71. The fourth-order valence-corrected chi connectivity index (χ4v) is 2.13. The maximum Gasteiger partial charge on any atom is 0.197 e. The summed E-state index contributed by atoms with van der Waals surface area (Å²) in [5, 5.41) is 3.33. The summed E-state index contributed by atoms with van der Waals surface area (Å²) in [4.78, 5) is 0. The average molecular weight is 272 g/mol. The van der Waals surface area contributed by atoms with Gasteiger partial charge in [0, 0.05) is 17.7 Å². The van der Waals surface area contributed by atoms with Gasteiger partial charge in [0.15, 0.2) is 5.22 Å². The van der Waals surface area contributed by atoms with Crippen LogP contribution >= 0.6 is 11.6 Å². The Morgan fingerprint density at radius 2 is 1.94 bits per heavy atom. The first kappa shape index (κ1) is 13.1. The molecule has 1 heterocycles. The quantitative estimate of drug-likeness (QED) is 0.917. The molecule has 96 valence electrons. The van der Waals surface area contributed by atoms with Gasteiger partial charge < -0.3 is 9.73 Å². The molecule has 2 nitrogen and oxygen atoms in total. The first-order chi connectivity index (χ1) is 8.60. The molecule has 0 amide bonds. The highest BCUT2D eigenvalue weighted by Crippen LogP contribution is 2.26. The third-order valence-corrected chi connectivity index (χ3v) is 3.04. The van der Waals surface area contributed by atoms with Crippen LogP contribution in [-0.2, 0) is 6.42 Å². The Labute approximate surface area is 109 Å². The predicted molar refractivity (Wildman–Crippen MR) is 65.6 cm³/mol. The van der Waals surface area contributed by atoms with Gasteiger partial charge in [-0.25, -0.2) is 8.78 Å². The lowest BCUT2D eigenvalue weighted by Crippen LogP contribution is -2.18. The van der Waals surface area contributed by atoms with Crippen molar-refractivity contribution in [1.82, 2.24) is 5.32 Å². The van der Waals surface area contributed by atoms with Crippen molar-refractivity contribution in [2.45, 2.75) is 12.5 Å². The van der Waals surface area contributed by atoms with Crippen LogP contribution in [0.3, 0.4) is 0 Å². The molecule has 0 saturated heterocycles. The van der Waals surface area contributed by atoms with E-state index in [-0.39, 0.29) is 11.3 Å². The summed E-state index contributed by atoms with van der Waals surface area (Å²) in [7, 11) is 1.75. The van der Waals surface area contributed by atoms with Crippen LogP contribution in [0.4, 0.5) is 8.78 Å². The Kier molecular flexibility index (Phi) is 3.99. The smallest absolute Gasteiger partial charge is 0.197 e. The second-order valence-corrected chi connectivity index (χ2v) is 4.32. The topological polar surface area (TPSA) is 25.2 Å². The zero-order valence-electron chi connectivity index (χ0n) is 9.71. The molecular formula is C13H12ClF2NO. The molecule has 0 fully saturated rings. The van der Waals surface area contributed by atoms with Crippen molar-refractivity contribution in [3.63, 3.8) is 0 Å². The van der Waals surface area contributed by atoms with Crippen LogP contribution in [-0.4, -0.2) is 7.05 Å². The Balaban J connectivity index is 2.23. The minimum absolute atomic E-state index is 0.155. The summed E-state index contributed by atoms with van der Waals surface area (Å²) in [6.07, 6.45) is 1.90. The first-order valence-electron chi connectivity index (χ1n) is 5.45. The summed E-state index contributed by atoms with van der Waals surface area (Å²) in [6, 6.07) is 5.04. The lowest BCUT2D eigenvalue weighted by Gasteiger charge is -2.15. The molecule has 2 aromatic rings. The van der Waals surface area contributed by atoms with Crippen LogP contribution in [0.25, 0.3) is 0 Å². The van der Waals surface area contributed by atoms with E-state index in [4.69, 9.17) is 16.0 Å². The number of likely N-dealkylation sites (N-methyl/N-ethyl adjacent to an activating group) is 1. The van der Waals surface area contributed by atoms with Crippen molar-refractivity contribution in [3.8, 4) is 0 Å². The zero-order valence-corrected chi connectivity index (χ0v) is 10.5. The van der Waals surface area contributed by atoms with E-state index in [2.05, 4.69) is 5.32 Å². The molecular weight excluding hydrogens is 260 g/mol. The van der Waals surface area contributed by atoms with Crippen LogP contribution in [0, 0.1) is 11.6 Å². The van der Waals surface area contributed by atoms with Gasteiger partial charge in [-0.1, -0.05) is 0 Å². The van der Waals surface area contributed by atoms with E-state index in [1.54, 1.807) is 13.1 Å². The molecule has 1 atom stereocenters. The summed E-state index contributed by atoms with van der Waals surface area (Å²) in [5.41, 5.74) is 1.33. The Hall–Kier alpha value is -1.39. The second-order valence-electron chi connectivity index (χ2n) is 3.97. The SMILES string of the molecule is CNC(Cc1cc(F)cc(F)c1)c1ccoc1Cl. The standard InChI is InChI=1S/C13H12ClF2NO/c1-17-12(11-2-3-18-13(11)14)6-8-4-9(15)7-10(16)5-8/h2-5,7,12,17H,6H2,1H3. The largest absolute Gasteiger partial charge is 0.453 e. The molecule has 1 aromatic heterocycles. The number of hydrogen-bond donors (Lipinski definition) is 1. The van der Waals surface area contributed by atoms with Gasteiger partial charge in [0.05, 0.1) is 6.26 Å². The van der Waals surface area contributed by atoms with Gasteiger partial charge in [0.2, 0.25) is 0 Å². The molecule has 18 heavy (non-hydrogen) atoms. The van der Waals surface area contributed by atoms with Crippen LogP contribution in [0.1, 0.15) is 17.2 Å². The fourth-order valence-electron chi connectivity index (χ4n) is 1.89. The number of hydrogen-bond acceptors (Lipinski definition) is 2. The number of halogens is 3. The summed E-state index contributed by atoms with van der Waals surface area (Å²) in [5.74, 6) is -1.17. The van der Waals surface area contributed by atoms with Gasteiger partial charge in [0.1, 0.15) is 11.6 Å². The lowest BCUT2D eigenvalue weighted by molar-refractivity contribution is 0.539. The van der Waals surface area contributed by atoms with Crippen molar-refractivity contribution in [3.05, 3.63) is 58.5 Å². The summed E-state index contributed by atoms with van der Waals surface area (Å²) < 4.78 is 31.2. The van der Waals surface area contributed by atoms with Gasteiger partial charge >= 0.3 is 0 Å². The van der Waals surface area contributed by atoms with E-state index in [0.29, 0.717) is 12.0 Å².